The Bertz CT molecular complexity index is 1260. The Morgan fingerprint density at radius 1 is 1.02 bits per heavy atom. The van der Waals surface area contributed by atoms with Gasteiger partial charge in [0.1, 0.15) is 12.1 Å². The number of aliphatic hydroxyl groups excluding tert-OH is 1. The Labute approximate surface area is 253 Å². The van der Waals surface area contributed by atoms with Crippen LogP contribution in [0.2, 0.25) is 0 Å². The Kier molecular flexibility index (Phi) is 11.3. The molecule has 43 heavy (non-hydrogen) atoms. The van der Waals surface area contributed by atoms with Gasteiger partial charge in [0.15, 0.2) is 6.10 Å². The van der Waals surface area contributed by atoms with Gasteiger partial charge >= 0.3 is 5.97 Å². The topological polar surface area (TPSA) is 138 Å². The fraction of sp³-hybridized carbons (Fsp3) is 0.545. The number of aromatic nitrogens is 1. The number of pyridine rings is 1. The van der Waals surface area contributed by atoms with Crippen molar-refractivity contribution in [3.8, 4) is 0 Å². The highest BCUT2D eigenvalue weighted by atomic mass is 16.5. The molecule has 2 aromatic rings. The zero-order chi connectivity index (χ0) is 30.9. The molecule has 1 aromatic heterocycles. The summed E-state index contributed by atoms with van der Waals surface area (Å²) in [4.78, 5) is 59.3. The number of hydrogen-bond donors (Lipinski definition) is 3. The molecule has 1 fully saturated rings. The van der Waals surface area contributed by atoms with Crippen LogP contribution in [-0.2, 0) is 32.1 Å². The number of esters is 1. The third-order valence-electron chi connectivity index (χ3n) is 8.46. The number of benzene rings is 1. The second-order valence-corrected chi connectivity index (χ2v) is 12.1. The number of fused-ring (bicyclic) bond motifs is 1. The summed E-state index contributed by atoms with van der Waals surface area (Å²) in [5, 5.41) is 16.6. The Hall–Kier alpha value is -3.79. The number of rotatable bonds is 13. The third kappa shape index (κ3) is 8.40. The van der Waals surface area contributed by atoms with Crippen LogP contribution in [0.25, 0.3) is 0 Å². The van der Waals surface area contributed by atoms with Gasteiger partial charge < -0.3 is 25.4 Å². The lowest BCUT2D eigenvalue weighted by Crippen LogP contribution is -2.58. The smallest absolute Gasteiger partial charge is 0.336 e. The van der Waals surface area contributed by atoms with Crippen LogP contribution in [0.3, 0.4) is 0 Å². The largest absolute Gasteiger partial charge is 0.467 e. The molecule has 0 saturated heterocycles. The summed E-state index contributed by atoms with van der Waals surface area (Å²) in [7, 11) is 1.20. The molecule has 4 atom stereocenters. The number of carbonyl (C=O) groups excluding carboxylic acids is 4. The molecule has 3 amide bonds. The van der Waals surface area contributed by atoms with Crippen molar-refractivity contribution >= 4 is 23.7 Å². The van der Waals surface area contributed by atoms with Crippen LogP contribution >= 0.6 is 0 Å². The average Bonchev–Trinajstić information content (AvgIpc) is 3.34. The first-order valence-electron chi connectivity index (χ1n) is 15.3. The Morgan fingerprint density at radius 3 is 2.40 bits per heavy atom. The average molecular weight is 593 g/mol. The van der Waals surface area contributed by atoms with E-state index in [0.717, 1.165) is 37.7 Å². The number of aliphatic hydroxyl groups is 1. The predicted molar refractivity (Wildman–Crippen MR) is 161 cm³/mol. The van der Waals surface area contributed by atoms with Gasteiger partial charge in [-0.25, -0.2) is 4.79 Å². The van der Waals surface area contributed by atoms with E-state index < -0.39 is 42.0 Å². The molecule has 10 nitrogen and oxygen atoms in total. The second-order valence-electron chi connectivity index (χ2n) is 12.1. The van der Waals surface area contributed by atoms with Gasteiger partial charge in [0.2, 0.25) is 11.8 Å². The van der Waals surface area contributed by atoms with Crippen LogP contribution in [0.1, 0.15) is 80.4 Å². The minimum Gasteiger partial charge on any atom is -0.467 e. The molecule has 1 saturated carbocycles. The number of ether oxygens (including phenoxy) is 1. The van der Waals surface area contributed by atoms with Gasteiger partial charge in [-0.15, -0.1) is 0 Å². The van der Waals surface area contributed by atoms with Crippen molar-refractivity contribution < 1.29 is 29.0 Å². The first kappa shape index (κ1) is 32.1. The minimum absolute atomic E-state index is 0.0489. The van der Waals surface area contributed by atoms with E-state index in [1.165, 1.54) is 12.0 Å². The molecule has 1 aromatic carbocycles. The van der Waals surface area contributed by atoms with Crippen molar-refractivity contribution in [2.75, 3.05) is 7.11 Å². The lowest BCUT2D eigenvalue weighted by molar-refractivity contribution is -0.153. The SMILES string of the molecule is COC(=O)C(O)[C@H](CC1CCCCC1)NC(=O)[C@H](CC(C)C)NC(=O)[C@H](Cc1ccccc1)N1Cc2ncccc2C1=O. The van der Waals surface area contributed by atoms with E-state index in [-0.39, 0.29) is 30.7 Å². The van der Waals surface area contributed by atoms with Crippen molar-refractivity contribution in [3.05, 3.63) is 65.5 Å². The maximum atomic E-state index is 14.0. The van der Waals surface area contributed by atoms with Crippen LogP contribution in [-0.4, -0.2) is 70.0 Å². The number of amides is 3. The molecule has 232 valence electrons. The molecule has 3 N–H and O–H groups in total. The van der Waals surface area contributed by atoms with Gasteiger partial charge in [-0.1, -0.05) is 76.3 Å². The first-order valence-corrected chi connectivity index (χ1v) is 15.3. The fourth-order valence-electron chi connectivity index (χ4n) is 6.17. The standard InChI is InChI=1S/C33H44N4O6/c1-21(2)17-26(30(39)35-25(29(38)33(42)43-3)18-22-11-6-4-7-12-22)36-31(40)28(19-23-13-8-5-9-14-23)37-20-27-24(32(37)41)15-10-16-34-27/h5,8-10,13-16,21-22,25-26,28-29,38H,4,6-7,11-12,17-20H2,1-3H3,(H,35,39)(H,36,40)/t25-,26-,28-,29?/m0/s1. The molecule has 2 aliphatic rings. The number of carbonyl (C=O) groups is 4. The van der Waals surface area contributed by atoms with Gasteiger partial charge in [0, 0.05) is 12.6 Å². The lowest BCUT2D eigenvalue weighted by Gasteiger charge is -2.32. The van der Waals surface area contributed by atoms with E-state index in [2.05, 4.69) is 15.6 Å². The number of hydrogen-bond acceptors (Lipinski definition) is 7. The molecule has 0 radical (unpaired) electrons. The van der Waals surface area contributed by atoms with E-state index in [1.807, 2.05) is 44.2 Å². The molecular weight excluding hydrogens is 548 g/mol. The highest BCUT2D eigenvalue weighted by Gasteiger charge is 2.39. The van der Waals surface area contributed by atoms with Crippen molar-refractivity contribution in [1.29, 1.82) is 0 Å². The molecular formula is C33H44N4O6. The predicted octanol–water partition coefficient (Wildman–Crippen LogP) is 3.17. The lowest BCUT2D eigenvalue weighted by atomic mass is 9.83. The van der Waals surface area contributed by atoms with E-state index in [0.29, 0.717) is 24.1 Å². The van der Waals surface area contributed by atoms with Crippen LogP contribution in [0.15, 0.2) is 48.7 Å². The summed E-state index contributed by atoms with van der Waals surface area (Å²) in [6.07, 6.45) is 6.36. The Balaban J connectivity index is 1.55. The molecule has 10 heteroatoms. The third-order valence-corrected chi connectivity index (χ3v) is 8.46. The normalized spacial score (nSPS) is 18.0. The number of methoxy groups -OCH3 is 1. The Morgan fingerprint density at radius 2 is 1.74 bits per heavy atom. The van der Waals surface area contributed by atoms with Crippen molar-refractivity contribution in [1.82, 2.24) is 20.5 Å². The summed E-state index contributed by atoms with van der Waals surface area (Å²) in [5.41, 5.74) is 1.95. The zero-order valence-corrected chi connectivity index (χ0v) is 25.3. The highest BCUT2D eigenvalue weighted by molar-refractivity contribution is 6.01. The van der Waals surface area contributed by atoms with Crippen LogP contribution in [0.5, 0.6) is 0 Å². The monoisotopic (exact) mass is 592 g/mol. The fourth-order valence-corrected chi connectivity index (χ4v) is 6.17. The summed E-state index contributed by atoms with van der Waals surface area (Å²) < 4.78 is 4.78. The first-order chi connectivity index (χ1) is 20.7. The van der Waals surface area contributed by atoms with E-state index >= 15 is 0 Å². The molecule has 2 heterocycles. The number of nitrogens with zero attached hydrogens (tertiary/aromatic N) is 2. The van der Waals surface area contributed by atoms with Gasteiger partial charge in [-0.3, -0.25) is 19.4 Å². The highest BCUT2D eigenvalue weighted by Crippen LogP contribution is 2.29. The zero-order valence-electron chi connectivity index (χ0n) is 25.3. The summed E-state index contributed by atoms with van der Waals surface area (Å²) >= 11 is 0. The molecule has 4 rings (SSSR count). The van der Waals surface area contributed by atoms with Gasteiger partial charge in [-0.05, 0) is 42.4 Å². The molecule has 1 unspecified atom stereocenters. The van der Waals surface area contributed by atoms with Crippen molar-refractivity contribution in [2.45, 2.75) is 96.0 Å². The van der Waals surface area contributed by atoms with Gasteiger partial charge in [-0.2, -0.15) is 0 Å². The molecule has 1 aliphatic carbocycles. The van der Waals surface area contributed by atoms with Gasteiger partial charge in [0.05, 0.1) is 31.0 Å². The number of nitrogens with one attached hydrogen (secondary N) is 2. The summed E-state index contributed by atoms with van der Waals surface area (Å²) in [6.45, 7) is 4.09. The quantitative estimate of drug-likeness (QED) is 0.304. The second kappa shape index (κ2) is 15.1. The maximum absolute atomic E-state index is 14.0. The van der Waals surface area contributed by atoms with Crippen LogP contribution < -0.4 is 10.6 Å². The summed E-state index contributed by atoms with van der Waals surface area (Å²) in [6, 6.07) is 10.2. The minimum atomic E-state index is -1.52. The molecule has 0 bridgehead atoms. The summed E-state index contributed by atoms with van der Waals surface area (Å²) in [5.74, 6) is -1.71. The van der Waals surface area contributed by atoms with E-state index in [9.17, 15) is 24.3 Å². The van der Waals surface area contributed by atoms with Crippen LogP contribution in [0.4, 0.5) is 0 Å². The molecule has 0 spiro atoms. The van der Waals surface area contributed by atoms with Crippen LogP contribution in [0, 0.1) is 11.8 Å². The van der Waals surface area contributed by atoms with E-state index in [4.69, 9.17) is 4.74 Å². The molecule has 1 aliphatic heterocycles. The van der Waals surface area contributed by atoms with E-state index in [1.54, 1.807) is 18.3 Å². The maximum Gasteiger partial charge on any atom is 0.336 e. The van der Waals surface area contributed by atoms with Crippen molar-refractivity contribution in [3.63, 3.8) is 0 Å². The van der Waals surface area contributed by atoms with Gasteiger partial charge in [0.25, 0.3) is 5.91 Å². The van der Waals surface area contributed by atoms with Crippen molar-refractivity contribution in [2.24, 2.45) is 11.8 Å².